The third kappa shape index (κ3) is 7.45. The summed E-state index contributed by atoms with van der Waals surface area (Å²) >= 11 is 0.855. The van der Waals surface area contributed by atoms with Crippen molar-refractivity contribution in [2.75, 3.05) is 6.54 Å². The van der Waals surface area contributed by atoms with Gasteiger partial charge in [-0.2, -0.15) is 17.9 Å². The van der Waals surface area contributed by atoms with Gasteiger partial charge in [-0.3, -0.25) is 4.79 Å². The van der Waals surface area contributed by atoms with Crippen molar-refractivity contribution in [1.82, 2.24) is 15.0 Å². The van der Waals surface area contributed by atoms with Crippen LogP contribution in [0.5, 0.6) is 0 Å². The van der Waals surface area contributed by atoms with Crippen LogP contribution in [-0.4, -0.2) is 48.8 Å². The third-order valence-electron chi connectivity index (χ3n) is 5.92. The van der Waals surface area contributed by atoms with Crippen molar-refractivity contribution < 1.29 is 40.3 Å². The van der Waals surface area contributed by atoms with Gasteiger partial charge in [-0.15, -0.1) is 11.3 Å². The molecule has 0 bridgehead atoms. The Balaban J connectivity index is 2.02. The molecule has 2 aromatic rings. The minimum atomic E-state index is -4.86. The van der Waals surface area contributed by atoms with E-state index in [4.69, 9.17) is 0 Å². The second-order valence-electron chi connectivity index (χ2n) is 9.73. The lowest BCUT2D eigenvalue weighted by Crippen LogP contribution is -2.42. The molecule has 206 valence electrons. The Morgan fingerprint density at radius 1 is 1.24 bits per heavy atom. The van der Waals surface area contributed by atoms with Crippen molar-refractivity contribution >= 4 is 27.3 Å². The average molecular weight is 570 g/mol. The second kappa shape index (κ2) is 10.9. The van der Waals surface area contributed by atoms with Gasteiger partial charge in [0.2, 0.25) is 10.0 Å². The summed E-state index contributed by atoms with van der Waals surface area (Å²) in [6, 6.07) is 0.275. The molecule has 1 atom stereocenters. The molecule has 0 saturated heterocycles. The van der Waals surface area contributed by atoms with Crippen LogP contribution < -0.4 is 10.0 Å². The number of aromatic nitrogens is 1. The van der Waals surface area contributed by atoms with E-state index in [9.17, 15) is 40.3 Å². The van der Waals surface area contributed by atoms with E-state index >= 15 is 0 Å². The molecule has 1 fully saturated rings. The first-order chi connectivity index (χ1) is 17.0. The first-order valence-corrected chi connectivity index (χ1v) is 13.8. The van der Waals surface area contributed by atoms with Crippen LogP contribution in [0, 0.1) is 5.92 Å². The predicted octanol–water partition coefficient (Wildman–Crippen LogP) is 4.82. The molecule has 1 saturated carbocycles. The molecule has 0 spiro atoms. The van der Waals surface area contributed by atoms with E-state index in [0.717, 1.165) is 42.7 Å². The highest BCUT2D eigenvalue weighted by molar-refractivity contribution is 7.89. The van der Waals surface area contributed by atoms with Gasteiger partial charge in [-0.25, -0.2) is 22.2 Å². The van der Waals surface area contributed by atoms with Gasteiger partial charge < -0.3 is 10.4 Å². The summed E-state index contributed by atoms with van der Waals surface area (Å²) in [7, 11) is -4.75. The van der Waals surface area contributed by atoms with Gasteiger partial charge >= 0.3 is 6.18 Å². The normalized spacial score (nSPS) is 16.1. The zero-order chi connectivity index (χ0) is 27.8. The van der Waals surface area contributed by atoms with Gasteiger partial charge in [0.05, 0.1) is 21.1 Å². The molecular formula is C23H28F5N3O4S2. The van der Waals surface area contributed by atoms with E-state index < -0.39 is 50.6 Å². The molecule has 0 unspecified atom stereocenters. The minimum absolute atomic E-state index is 0.00819. The Bertz CT molecular complexity index is 1240. The van der Waals surface area contributed by atoms with Crippen LogP contribution in [-0.2, 0) is 16.4 Å². The monoisotopic (exact) mass is 569 g/mol. The lowest BCUT2D eigenvalue weighted by Gasteiger charge is -2.25. The summed E-state index contributed by atoms with van der Waals surface area (Å²) in [5.41, 5.74) is -1.54. The molecule has 1 aliphatic rings. The topological polar surface area (TPSA) is 108 Å². The molecule has 7 nitrogen and oxygen atoms in total. The molecule has 14 heteroatoms. The average Bonchev–Trinajstić information content (AvgIpc) is 3.16. The first-order valence-electron chi connectivity index (χ1n) is 11.5. The SMILES string of the molecule is C[C@H](NS(=O)(=O)c1ccc(-c2sc(C(=O)NCC(C)(C)O)nc2CC2CCC2)c(C(F)F)c1)C(F)(F)F. The molecule has 1 aromatic heterocycles. The van der Waals surface area contributed by atoms with Crippen LogP contribution in [0.15, 0.2) is 23.1 Å². The van der Waals surface area contributed by atoms with Gasteiger partial charge in [0.25, 0.3) is 12.3 Å². The minimum Gasteiger partial charge on any atom is -0.389 e. The number of carbonyl (C=O) groups is 1. The molecule has 1 aromatic carbocycles. The Kier molecular flexibility index (Phi) is 8.67. The van der Waals surface area contributed by atoms with Crippen LogP contribution >= 0.6 is 11.3 Å². The summed E-state index contributed by atoms with van der Waals surface area (Å²) in [5.74, 6) is -0.341. The number of carbonyl (C=O) groups excluding carboxylic acids is 1. The van der Waals surface area contributed by atoms with Crippen molar-refractivity contribution in [2.24, 2.45) is 5.92 Å². The van der Waals surface area contributed by atoms with E-state index in [2.05, 4.69) is 10.3 Å². The van der Waals surface area contributed by atoms with E-state index in [1.54, 1.807) is 0 Å². The number of rotatable bonds is 10. The summed E-state index contributed by atoms with van der Waals surface area (Å²) < 4.78 is 93.2. The number of amides is 1. The highest BCUT2D eigenvalue weighted by atomic mass is 32.2. The first kappa shape index (κ1) is 29.4. The second-order valence-corrected chi connectivity index (χ2v) is 12.4. The van der Waals surface area contributed by atoms with Crippen LogP contribution in [0.3, 0.4) is 0 Å². The fourth-order valence-corrected chi connectivity index (χ4v) is 5.92. The van der Waals surface area contributed by atoms with Gasteiger partial charge in [-0.1, -0.05) is 25.3 Å². The number of hydrogen-bond acceptors (Lipinski definition) is 6. The number of nitrogens with zero attached hydrogens (tertiary/aromatic N) is 1. The number of aliphatic hydroxyl groups is 1. The Morgan fingerprint density at radius 3 is 2.41 bits per heavy atom. The maximum atomic E-state index is 14.1. The van der Waals surface area contributed by atoms with E-state index in [-0.39, 0.29) is 27.9 Å². The lowest BCUT2D eigenvalue weighted by molar-refractivity contribution is -0.147. The summed E-state index contributed by atoms with van der Waals surface area (Å²) in [6.07, 6.45) is -4.74. The third-order valence-corrected chi connectivity index (χ3v) is 8.58. The quantitative estimate of drug-likeness (QED) is 0.356. The standard InChI is InChI=1S/C23H28F5N3O4S2/c1-12(23(26,27)28)31-37(34,35)14-7-8-15(16(10-14)19(24)25)18-17(9-13-5-4-6-13)30-21(36-18)20(32)29-11-22(2,3)33/h7-8,10,12-13,19,31,33H,4-6,9,11H2,1-3H3,(H,29,32)/t12-/m0/s1. The van der Waals surface area contributed by atoms with Gasteiger partial charge in [0.15, 0.2) is 5.01 Å². The van der Waals surface area contributed by atoms with Crippen LogP contribution in [0.25, 0.3) is 10.4 Å². The van der Waals surface area contributed by atoms with Gasteiger partial charge in [0, 0.05) is 17.7 Å². The zero-order valence-corrected chi connectivity index (χ0v) is 22.0. The number of sulfonamides is 1. The molecular weight excluding hydrogens is 541 g/mol. The number of thiazole rings is 1. The van der Waals surface area contributed by atoms with Gasteiger partial charge in [0.1, 0.15) is 6.04 Å². The van der Waals surface area contributed by atoms with Crippen LogP contribution in [0.1, 0.15) is 67.5 Å². The maximum absolute atomic E-state index is 14.1. The number of hydrogen-bond donors (Lipinski definition) is 3. The van der Waals surface area contributed by atoms with E-state index in [1.165, 1.54) is 18.6 Å². The summed E-state index contributed by atoms with van der Waals surface area (Å²) in [5, 5.41) is 12.4. The fourth-order valence-electron chi connectivity index (χ4n) is 3.60. The van der Waals surface area contributed by atoms with E-state index in [1.807, 2.05) is 0 Å². The Hall–Kier alpha value is -2.16. The van der Waals surface area contributed by atoms with Crippen molar-refractivity contribution in [3.8, 4) is 10.4 Å². The predicted molar refractivity (Wildman–Crippen MR) is 128 cm³/mol. The van der Waals surface area contributed by atoms with Crippen molar-refractivity contribution in [1.29, 1.82) is 0 Å². The molecule has 1 heterocycles. The molecule has 37 heavy (non-hydrogen) atoms. The number of halogens is 5. The highest BCUT2D eigenvalue weighted by Gasteiger charge is 2.39. The molecule has 0 radical (unpaired) electrons. The molecule has 3 rings (SSSR count). The number of nitrogens with one attached hydrogen (secondary N) is 2. The molecule has 1 amide bonds. The Labute approximate surface area is 215 Å². The zero-order valence-electron chi connectivity index (χ0n) is 20.3. The van der Waals surface area contributed by atoms with Crippen LogP contribution in [0.4, 0.5) is 22.0 Å². The Morgan fingerprint density at radius 2 is 1.89 bits per heavy atom. The van der Waals surface area contributed by atoms with Gasteiger partial charge in [-0.05, 0) is 45.2 Å². The highest BCUT2D eigenvalue weighted by Crippen LogP contribution is 2.41. The molecule has 0 aliphatic heterocycles. The smallest absolute Gasteiger partial charge is 0.389 e. The largest absolute Gasteiger partial charge is 0.404 e. The lowest BCUT2D eigenvalue weighted by atomic mass is 9.81. The van der Waals surface area contributed by atoms with Crippen molar-refractivity contribution in [3.05, 3.63) is 34.5 Å². The summed E-state index contributed by atoms with van der Waals surface area (Å²) in [6.45, 7) is 3.53. The fraction of sp³-hybridized carbons (Fsp3) is 0.565. The molecule has 1 aliphatic carbocycles. The van der Waals surface area contributed by atoms with Crippen molar-refractivity contribution in [2.45, 2.75) is 75.6 Å². The van der Waals surface area contributed by atoms with Crippen LogP contribution in [0.2, 0.25) is 0 Å². The van der Waals surface area contributed by atoms with E-state index in [0.29, 0.717) is 25.1 Å². The maximum Gasteiger partial charge on any atom is 0.404 e. The summed E-state index contributed by atoms with van der Waals surface area (Å²) in [4.78, 5) is 16.5. The number of benzene rings is 1. The van der Waals surface area contributed by atoms with Crippen molar-refractivity contribution in [3.63, 3.8) is 0 Å². The number of alkyl halides is 5. The molecule has 3 N–H and O–H groups in total.